The average molecular weight is 277 g/mol. The Labute approximate surface area is 117 Å². The van der Waals surface area contributed by atoms with E-state index in [1.54, 1.807) is 12.1 Å². The number of carbonyl (C=O) groups excluding carboxylic acids is 1. The molecule has 0 spiro atoms. The van der Waals surface area contributed by atoms with Crippen LogP contribution in [0.5, 0.6) is 11.6 Å². The summed E-state index contributed by atoms with van der Waals surface area (Å²) in [7, 11) is 0. The van der Waals surface area contributed by atoms with Gasteiger partial charge in [-0.1, -0.05) is 6.92 Å². The van der Waals surface area contributed by atoms with Crippen LogP contribution in [0.25, 0.3) is 0 Å². The molecule has 108 valence electrons. The fraction of sp³-hybridized carbons (Fsp3) is 0.571. The summed E-state index contributed by atoms with van der Waals surface area (Å²) in [5, 5.41) is 2.92. The van der Waals surface area contributed by atoms with Crippen LogP contribution in [0.1, 0.15) is 30.3 Å². The highest BCUT2D eigenvalue weighted by Crippen LogP contribution is 2.38. The minimum absolute atomic E-state index is 0.114. The van der Waals surface area contributed by atoms with Crippen LogP contribution in [0.4, 0.5) is 0 Å². The number of fused-ring (bicyclic) bond motifs is 1. The minimum Gasteiger partial charge on any atom is -0.484 e. The van der Waals surface area contributed by atoms with Crippen LogP contribution in [0.2, 0.25) is 0 Å². The first kappa shape index (κ1) is 13.2. The summed E-state index contributed by atoms with van der Waals surface area (Å²) in [6.45, 7) is 3.73. The van der Waals surface area contributed by atoms with E-state index in [2.05, 4.69) is 17.2 Å². The lowest BCUT2D eigenvalue weighted by Gasteiger charge is -2.43. The second-order valence-electron chi connectivity index (χ2n) is 5.86. The van der Waals surface area contributed by atoms with E-state index in [0.717, 1.165) is 12.8 Å². The first-order valence-corrected chi connectivity index (χ1v) is 6.86. The molecule has 0 aromatic carbocycles. The van der Waals surface area contributed by atoms with Crippen LogP contribution in [0.3, 0.4) is 0 Å². The highest BCUT2D eigenvalue weighted by molar-refractivity contribution is 5.92. The van der Waals surface area contributed by atoms with Crippen LogP contribution in [-0.2, 0) is 0 Å². The molecule has 1 aliphatic heterocycles. The number of hydrogen-bond donors (Lipinski definition) is 2. The maximum atomic E-state index is 12.1. The van der Waals surface area contributed by atoms with Gasteiger partial charge in [0.25, 0.3) is 11.8 Å². The number of amides is 1. The normalized spacial score (nSPS) is 27.6. The molecular weight excluding hydrogens is 258 g/mol. The summed E-state index contributed by atoms with van der Waals surface area (Å²) < 4.78 is 10.8. The quantitative estimate of drug-likeness (QED) is 0.849. The van der Waals surface area contributed by atoms with Gasteiger partial charge in [-0.05, 0) is 30.4 Å². The van der Waals surface area contributed by atoms with E-state index in [-0.39, 0.29) is 17.4 Å². The van der Waals surface area contributed by atoms with E-state index in [9.17, 15) is 4.79 Å². The monoisotopic (exact) mass is 277 g/mol. The molecule has 0 unspecified atom stereocenters. The Hall–Kier alpha value is -1.82. The summed E-state index contributed by atoms with van der Waals surface area (Å²) in [6, 6.07) is 3.64. The topological polar surface area (TPSA) is 86.5 Å². The number of hydrogen-bond acceptors (Lipinski definition) is 5. The largest absolute Gasteiger partial charge is 0.484 e. The van der Waals surface area contributed by atoms with E-state index in [0.29, 0.717) is 37.1 Å². The standard InChI is InChI=1S/C14H19N3O3/c1-14(6-9(15)7-14)8-16-12(18)10-2-3-11-13(17-10)20-5-4-19-11/h2-3,9H,4-8,15H2,1H3,(H,16,18). The number of nitrogens with zero attached hydrogens (tertiary/aromatic N) is 1. The van der Waals surface area contributed by atoms with Crippen molar-refractivity contribution < 1.29 is 14.3 Å². The van der Waals surface area contributed by atoms with Gasteiger partial charge < -0.3 is 20.5 Å². The van der Waals surface area contributed by atoms with Crippen molar-refractivity contribution in [2.24, 2.45) is 11.1 Å². The molecule has 6 heteroatoms. The van der Waals surface area contributed by atoms with E-state index < -0.39 is 0 Å². The first-order valence-electron chi connectivity index (χ1n) is 6.86. The van der Waals surface area contributed by atoms with E-state index >= 15 is 0 Å². The van der Waals surface area contributed by atoms with Crippen molar-refractivity contribution in [1.82, 2.24) is 10.3 Å². The molecule has 2 heterocycles. The Balaban J connectivity index is 1.62. The van der Waals surface area contributed by atoms with Crippen LogP contribution in [0.15, 0.2) is 12.1 Å². The summed E-state index contributed by atoms with van der Waals surface area (Å²) in [5.41, 5.74) is 6.25. The number of ether oxygens (including phenoxy) is 2. The molecule has 1 fully saturated rings. The third-order valence-electron chi connectivity index (χ3n) is 3.82. The Morgan fingerprint density at radius 3 is 2.95 bits per heavy atom. The van der Waals surface area contributed by atoms with Crippen LogP contribution >= 0.6 is 0 Å². The zero-order chi connectivity index (χ0) is 14.2. The predicted octanol–water partition coefficient (Wildman–Crippen LogP) is 0.710. The van der Waals surface area contributed by atoms with Gasteiger partial charge in [-0.2, -0.15) is 0 Å². The molecule has 1 aliphatic carbocycles. The number of nitrogens with two attached hydrogens (primary N) is 1. The Kier molecular flexibility index (Phi) is 3.25. The number of aromatic nitrogens is 1. The molecule has 3 rings (SSSR count). The van der Waals surface area contributed by atoms with Crippen molar-refractivity contribution in [3.63, 3.8) is 0 Å². The Bertz CT molecular complexity index is 526. The van der Waals surface area contributed by atoms with E-state index in [1.807, 2.05) is 0 Å². The molecular formula is C14H19N3O3. The molecule has 0 radical (unpaired) electrons. The van der Waals surface area contributed by atoms with Crippen molar-refractivity contribution in [2.75, 3.05) is 19.8 Å². The van der Waals surface area contributed by atoms with Gasteiger partial charge in [0.15, 0.2) is 5.75 Å². The molecule has 1 aromatic rings. The van der Waals surface area contributed by atoms with Gasteiger partial charge in [0.05, 0.1) is 0 Å². The third kappa shape index (κ3) is 2.56. The Morgan fingerprint density at radius 1 is 1.45 bits per heavy atom. The van der Waals surface area contributed by atoms with Gasteiger partial charge in [0.2, 0.25) is 0 Å². The Morgan fingerprint density at radius 2 is 2.20 bits per heavy atom. The zero-order valence-electron chi connectivity index (χ0n) is 11.5. The summed E-state index contributed by atoms with van der Waals surface area (Å²) in [4.78, 5) is 16.3. The van der Waals surface area contributed by atoms with Crippen molar-refractivity contribution in [3.05, 3.63) is 17.8 Å². The zero-order valence-corrected chi connectivity index (χ0v) is 11.5. The third-order valence-corrected chi connectivity index (χ3v) is 3.82. The lowest BCUT2D eigenvalue weighted by atomic mass is 9.67. The molecule has 20 heavy (non-hydrogen) atoms. The van der Waals surface area contributed by atoms with Crippen LogP contribution < -0.4 is 20.5 Å². The average Bonchev–Trinajstić information content (AvgIpc) is 2.43. The van der Waals surface area contributed by atoms with Gasteiger partial charge >= 0.3 is 0 Å². The molecule has 1 aromatic heterocycles. The summed E-state index contributed by atoms with van der Waals surface area (Å²) in [6.07, 6.45) is 1.89. The maximum Gasteiger partial charge on any atom is 0.270 e. The highest BCUT2D eigenvalue weighted by atomic mass is 16.6. The lowest BCUT2D eigenvalue weighted by Crippen LogP contribution is -2.50. The molecule has 0 saturated heterocycles. The van der Waals surface area contributed by atoms with Crippen molar-refractivity contribution in [3.8, 4) is 11.6 Å². The van der Waals surface area contributed by atoms with Crippen molar-refractivity contribution >= 4 is 5.91 Å². The van der Waals surface area contributed by atoms with Gasteiger partial charge in [-0.25, -0.2) is 4.98 Å². The minimum atomic E-state index is -0.191. The van der Waals surface area contributed by atoms with E-state index in [4.69, 9.17) is 15.2 Å². The first-order chi connectivity index (χ1) is 9.56. The molecule has 1 saturated carbocycles. The number of pyridine rings is 1. The molecule has 3 N–H and O–H groups in total. The van der Waals surface area contributed by atoms with Crippen molar-refractivity contribution in [2.45, 2.75) is 25.8 Å². The van der Waals surface area contributed by atoms with E-state index in [1.165, 1.54) is 0 Å². The highest BCUT2D eigenvalue weighted by Gasteiger charge is 2.38. The fourth-order valence-corrected chi connectivity index (χ4v) is 2.79. The number of carbonyl (C=O) groups is 1. The molecule has 0 atom stereocenters. The molecule has 2 aliphatic rings. The maximum absolute atomic E-state index is 12.1. The molecule has 1 amide bonds. The summed E-state index contributed by atoms with van der Waals surface area (Å²) >= 11 is 0. The number of rotatable bonds is 3. The molecule has 0 bridgehead atoms. The fourth-order valence-electron chi connectivity index (χ4n) is 2.79. The lowest BCUT2D eigenvalue weighted by molar-refractivity contribution is 0.0849. The molecule has 6 nitrogen and oxygen atoms in total. The van der Waals surface area contributed by atoms with Gasteiger partial charge in [-0.3, -0.25) is 4.79 Å². The smallest absolute Gasteiger partial charge is 0.270 e. The van der Waals surface area contributed by atoms with Gasteiger partial charge in [-0.15, -0.1) is 0 Å². The van der Waals surface area contributed by atoms with Crippen molar-refractivity contribution in [1.29, 1.82) is 0 Å². The van der Waals surface area contributed by atoms with Crippen LogP contribution in [-0.4, -0.2) is 36.7 Å². The second-order valence-corrected chi connectivity index (χ2v) is 5.86. The van der Waals surface area contributed by atoms with Crippen LogP contribution in [0, 0.1) is 5.41 Å². The summed E-state index contributed by atoms with van der Waals surface area (Å²) in [5.74, 6) is 0.786. The van der Waals surface area contributed by atoms with Gasteiger partial charge in [0.1, 0.15) is 18.9 Å². The van der Waals surface area contributed by atoms with Gasteiger partial charge in [0, 0.05) is 12.6 Å². The second kappa shape index (κ2) is 4.94. The SMILES string of the molecule is CC1(CNC(=O)c2ccc3c(n2)OCCO3)CC(N)C1. The number of nitrogens with one attached hydrogen (secondary N) is 1. The predicted molar refractivity (Wildman–Crippen MR) is 72.9 cm³/mol.